The minimum atomic E-state index is -1.75. The van der Waals surface area contributed by atoms with Crippen LogP contribution in [0.4, 0.5) is 12.9 Å². The summed E-state index contributed by atoms with van der Waals surface area (Å²) in [6.45, 7) is 0.257. The Labute approximate surface area is 50.1 Å². The summed E-state index contributed by atoms with van der Waals surface area (Å²) < 4.78 is 30.4. The van der Waals surface area contributed by atoms with Crippen LogP contribution in [0.25, 0.3) is 0 Å². The highest BCUT2D eigenvalue weighted by atomic mass is 28.3. The van der Waals surface area contributed by atoms with Crippen molar-refractivity contribution in [2.24, 2.45) is 0 Å². The van der Waals surface area contributed by atoms with E-state index in [1.54, 1.807) is 0 Å². The molecule has 0 atom stereocenters. The minimum Gasteiger partial charge on any atom is -0.323 e. The Morgan fingerprint density at radius 3 is 1.75 bits per heavy atom. The average molecular weight is 144 g/mol. The second-order valence-corrected chi connectivity index (χ2v) is 2.23. The van der Waals surface area contributed by atoms with Crippen LogP contribution < -0.4 is 0 Å². The lowest BCUT2D eigenvalue weighted by atomic mass is 10.6. The monoisotopic (exact) mass is 144 g/mol. The third-order valence-corrected chi connectivity index (χ3v) is 1.46. The summed E-state index contributed by atoms with van der Waals surface area (Å²) in [4.78, 5) is 0. The van der Waals surface area contributed by atoms with Crippen LogP contribution in [0.1, 0.15) is 13.3 Å². The topological polar surface area (TPSA) is 0 Å². The lowest BCUT2D eigenvalue weighted by Crippen LogP contribution is -1.71. The molecular weight excluding hydrogens is 133 g/mol. The fourth-order valence-corrected chi connectivity index (χ4v) is 0.401. The summed E-state index contributed by atoms with van der Waals surface area (Å²) in [6.07, 6.45) is 1.03. The van der Waals surface area contributed by atoms with Gasteiger partial charge in [0.1, 0.15) is 0 Å². The molecule has 0 aromatic heterocycles. The van der Waals surface area contributed by atoms with Crippen molar-refractivity contribution in [1.82, 2.24) is 0 Å². The van der Waals surface area contributed by atoms with Crippen LogP contribution in [0.3, 0.4) is 0 Å². The van der Waals surface area contributed by atoms with Crippen LogP contribution in [-0.2, 0) is 0 Å². The standard InChI is InChI=1S/C3H9FSi.CH2F2/c1-2-3-5-4;2-1-3/h2-3,5H2,1H3;1H2. The van der Waals surface area contributed by atoms with Gasteiger partial charge in [-0.25, -0.2) is 8.78 Å². The molecule has 0 unspecified atom stereocenters. The van der Waals surface area contributed by atoms with E-state index in [0.29, 0.717) is 0 Å². The fraction of sp³-hybridized carbons (Fsp3) is 1.00. The van der Waals surface area contributed by atoms with Crippen LogP contribution in [-0.4, -0.2) is 16.8 Å². The van der Waals surface area contributed by atoms with Crippen molar-refractivity contribution in [1.29, 1.82) is 0 Å². The van der Waals surface area contributed by atoms with Gasteiger partial charge in [0.2, 0.25) is 16.8 Å². The molecule has 0 aromatic rings. The summed E-state index contributed by atoms with van der Waals surface area (Å²) in [5.41, 5.74) is 0. The maximum Gasteiger partial charge on any atom is 0.229 e. The zero-order valence-electron chi connectivity index (χ0n) is 4.96. The molecule has 0 rings (SSSR count). The summed E-state index contributed by atoms with van der Waals surface area (Å²) in [5.74, 6) is 0. The molecule has 0 bridgehead atoms. The Hall–Kier alpha value is 0.00688. The third kappa shape index (κ3) is 37.4. The van der Waals surface area contributed by atoms with Gasteiger partial charge >= 0.3 is 0 Å². The van der Waals surface area contributed by atoms with Crippen molar-refractivity contribution in [2.45, 2.75) is 19.4 Å². The van der Waals surface area contributed by atoms with Gasteiger partial charge in [-0.05, 0) is 6.04 Å². The van der Waals surface area contributed by atoms with Crippen LogP contribution in [0.2, 0.25) is 6.04 Å². The van der Waals surface area contributed by atoms with Gasteiger partial charge in [0, 0.05) is 0 Å². The molecule has 0 aliphatic heterocycles. The molecule has 0 N–H and O–H groups in total. The van der Waals surface area contributed by atoms with Crippen molar-refractivity contribution >= 4 is 9.85 Å². The summed E-state index contributed by atoms with van der Waals surface area (Å²) in [7, 11) is -1.09. The van der Waals surface area contributed by atoms with Gasteiger partial charge < -0.3 is 4.11 Å². The molecule has 0 radical (unpaired) electrons. The predicted octanol–water partition coefficient (Wildman–Crippen LogP) is 1.75. The zero-order chi connectivity index (χ0) is 6.83. The molecule has 0 spiro atoms. The second kappa shape index (κ2) is 15.7. The van der Waals surface area contributed by atoms with E-state index in [-0.39, 0.29) is 0 Å². The average Bonchev–Trinajstić information content (AvgIpc) is 1.71. The number of hydrogen-bond acceptors (Lipinski definition) is 0. The molecule has 4 heteroatoms. The smallest absolute Gasteiger partial charge is 0.229 e. The molecule has 0 saturated heterocycles. The van der Waals surface area contributed by atoms with E-state index >= 15 is 0 Å². The Kier molecular flexibility index (Phi) is 21.4. The van der Waals surface area contributed by atoms with Crippen molar-refractivity contribution in [3.05, 3.63) is 0 Å². The molecule has 0 heterocycles. The summed E-state index contributed by atoms with van der Waals surface area (Å²) in [6, 6.07) is 0.861. The van der Waals surface area contributed by atoms with Gasteiger partial charge in [-0.3, -0.25) is 0 Å². The highest BCUT2D eigenvalue weighted by molar-refractivity contribution is 6.25. The molecule has 8 heavy (non-hydrogen) atoms. The lowest BCUT2D eigenvalue weighted by Gasteiger charge is -1.74. The number of hydrogen-bond donors (Lipinski definition) is 0. The van der Waals surface area contributed by atoms with Gasteiger partial charge in [-0.15, -0.1) is 0 Å². The molecule has 0 aliphatic carbocycles. The van der Waals surface area contributed by atoms with E-state index in [1.165, 1.54) is 0 Å². The Morgan fingerprint density at radius 1 is 1.38 bits per heavy atom. The molecule has 0 saturated carbocycles. The van der Waals surface area contributed by atoms with E-state index in [9.17, 15) is 12.9 Å². The van der Waals surface area contributed by atoms with Crippen molar-refractivity contribution in [3.63, 3.8) is 0 Å². The third-order valence-electron chi connectivity index (χ3n) is 0.487. The maximum atomic E-state index is 11.1. The van der Waals surface area contributed by atoms with Crippen molar-refractivity contribution in [2.75, 3.05) is 6.93 Å². The normalized spacial score (nSPS) is 9.00. The molecular formula is C4H11F3Si. The predicted molar refractivity (Wildman–Crippen MR) is 31.8 cm³/mol. The molecule has 0 aromatic carbocycles. The fourth-order valence-electron chi connectivity index (χ4n) is 0.134. The van der Waals surface area contributed by atoms with Gasteiger partial charge in [-0.2, -0.15) is 0 Å². The molecule has 0 aliphatic rings. The first kappa shape index (κ1) is 10.9. The minimum absolute atomic E-state index is 0.861. The van der Waals surface area contributed by atoms with Gasteiger partial charge in [0.15, 0.2) is 0 Å². The summed E-state index contributed by atoms with van der Waals surface area (Å²) >= 11 is 0. The van der Waals surface area contributed by atoms with Crippen molar-refractivity contribution < 1.29 is 12.9 Å². The molecule has 0 nitrogen and oxygen atoms in total. The highest BCUT2D eigenvalue weighted by Crippen LogP contribution is 1.82. The largest absolute Gasteiger partial charge is 0.323 e. The SMILES string of the molecule is CCC[SiH2]F.FCF. The van der Waals surface area contributed by atoms with E-state index in [0.717, 1.165) is 12.5 Å². The summed E-state index contributed by atoms with van der Waals surface area (Å²) in [5, 5.41) is 0. The number of halogens is 3. The quantitative estimate of drug-likeness (QED) is 0.409. The Balaban J connectivity index is 0. The molecule has 0 fully saturated rings. The van der Waals surface area contributed by atoms with Crippen LogP contribution in [0.15, 0.2) is 0 Å². The van der Waals surface area contributed by atoms with Crippen LogP contribution in [0.5, 0.6) is 0 Å². The van der Waals surface area contributed by atoms with E-state index in [2.05, 4.69) is 0 Å². The van der Waals surface area contributed by atoms with E-state index in [4.69, 9.17) is 0 Å². The molecule has 52 valence electrons. The van der Waals surface area contributed by atoms with Gasteiger partial charge in [0.05, 0.1) is 0 Å². The first-order valence-electron chi connectivity index (χ1n) is 2.51. The first-order chi connectivity index (χ1) is 3.83. The maximum absolute atomic E-state index is 11.1. The van der Waals surface area contributed by atoms with E-state index in [1.807, 2.05) is 6.92 Å². The highest BCUT2D eigenvalue weighted by Gasteiger charge is 1.74. The van der Waals surface area contributed by atoms with Gasteiger partial charge in [-0.1, -0.05) is 13.3 Å². The first-order valence-corrected chi connectivity index (χ1v) is 4.04. The van der Waals surface area contributed by atoms with Crippen LogP contribution in [0, 0.1) is 0 Å². The zero-order valence-corrected chi connectivity index (χ0v) is 6.38. The Bertz CT molecular complexity index is 25.2. The molecule has 0 amide bonds. The number of alkyl halides is 2. The lowest BCUT2D eigenvalue weighted by molar-refractivity contribution is 0.295. The second-order valence-electron chi connectivity index (χ2n) is 1.14. The van der Waals surface area contributed by atoms with Gasteiger partial charge in [0.25, 0.3) is 0 Å². The Morgan fingerprint density at radius 2 is 1.75 bits per heavy atom. The van der Waals surface area contributed by atoms with E-state index < -0.39 is 16.8 Å². The number of rotatable bonds is 2. The van der Waals surface area contributed by atoms with Crippen molar-refractivity contribution in [3.8, 4) is 0 Å². The van der Waals surface area contributed by atoms with Crippen LogP contribution >= 0.6 is 0 Å².